The second kappa shape index (κ2) is 14.2. The molecule has 0 radical (unpaired) electrons. The summed E-state index contributed by atoms with van der Waals surface area (Å²) >= 11 is 0. The van der Waals surface area contributed by atoms with Crippen molar-refractivity contribution in [1.29, 1.82) is 0 Å². The summed E-state index contributed by atoms with van der Waals surface area (Å²) in [7, 11) is 0. The van der Waals surface area contributed by atoms with E-state index < -0.39 is 0 Å². The van der Waals surface area contributed by atoms with Gasteiger partial charge < -0.3 is 0 Å². The number of hydrogen-bond acceptors (Lipinski definition) is 1. The molecule has 0 aromatic heterocycles. The third-order valence-electron chi connectivity index (χ3n) is 3.09. The first-order valence-electron chi connectivity index (χ1n) is 7.58. The molecule has 0 aromatic rings. The molecular weight excluding hydrogens is 220 g/mol. The second-order valence-corrected chi connectivity index (χ2v) is 4.93. The number of hydrogen-bond donors (Lipinski definition) is 0. The Morgan fingerprint density at radius 3 is 2.33 bits per heavy atom. The van der Waals surface area contributed by atoms with Gasteiger partial charge in [-0.3, -0.25) is 4.79 Å². The molecule has 1 nitrogen and oxygen atoms in total. The topological polar surface area (TPSA) is 17.1 Å². The van der Waals surface area contributed by atoms with Crippen LogP contribution in [-0.2, 0) is 4.79 Å². The van der Waals surface area contributed by atoms with Crippen LogP contribution >= 0.6 is 0 Å². The molecule has 0 bridgehead atoms. The molecular formula is C17H30O. The summed E-state index contributed by atoms with van der Waals surface area (Å²) in [6.07, 6.45) is 18.3. The number of Topliss-reactive ketones (excluding diaryl/α,β-unsaturated/α-hetero) is 1. The van der Waals surface area contributed by atoms with Crippen molar-refractivity contribution in [3.05, 3.63) is 24.8 Å². The van der Waals surface area contributed by atoms with Gasteiger partial charge in [0.05, 0.1) is 0 Å². The van der Waals surface area contributed by atoms with Gasteiger partial charge in [-0.05, 0) is 38.5 Å². The van der Waals surface area contributed by atoms with Crippen LogP contribution in [0.15, 0.2) is 24.8 Å². The lowest BCUT2D eigenvalue weighted by Crippen LogP contribution is -1.96. The van der Waals surface area contributed by atoms with Crippen LogP contribution in [0.2, 0.25) is 0 Å². The highest BCUT2D eigenvalue weighted by Gasteiger charge is 1.99. The van der Waals surface area contributed by atoms with E-state index in [1.807, 2.05) is 6.08 Å². The Hall–Kier alpha value is -0.850. The van der Waals surface area contributed by atoms with Gasteiger partial charge >= 0.3 is 0 Å². The molecule has 18 heavy (non-hydrogen) atoms. The fourth-order valence-corrected chi connectivity index (χ4v) is 1.90. The van der Waals surface area contributed by atoms with Gasteiger partial charge in [0.1, 0.15) is 5.78 Å². The molecule has 0 unspecified atom stereocenters. The van der Waals surface area contributed by atoms with Crippen LogP contribution in [0.1, 0.15) is 77.6 Å². The van der Waals surface area contributed by atoms with Crippen molar-refractivity contribution >= 4 is 5.78 Å². The van der Waals surface area contributed by atoms with Gasteiger partial charge in [0.25, 0.3) is 0 Å². The zero-order valence-electron chi connectivity index (χ0n) is 12.1. The van der Waals surface area contributed by atoms with Crippen LogP contribution in [0, 0.1) is 0 Å². The average Bonchev–Trinajstić information content (AvgIpc) is 2.38. The van der Waals surface area contributed by atoms with Gasteiger partial charge in [0.15, 0.2) is 0 Å². The lowest BCUT2D eigenvalue weighted by atomic mass is 10.1. The van der Waals surface area contributed by atoms with Crippen molar-refractivity contribution in [2.24, 2.45) is 0 Å². The number of rotatable bonds is 13. The third-order valence-corrected chi connectivity index (χ3v) is 3.09. The predicted octanol–water partition coefficient (Wildman–Crippen LogP) is 5.61. The Bertz CT molecular complexity index is 228. The van der Waals surface area contributed by atoms with E-state index in [0.717, 1.165) is 38.5 Å². The van der Waals surface area contributed by atoms with Crippen LogP contribution in [0.5, 0.6) is 0 Å². The van der Waals surface area contributed by atoms with E-state index in [0.29, 0.717) is 5.78 Å². The second-order valence-electron chi connectivity index (χ2n) is 4.93. The Balaban J connectivity index is 3.28. The summed E-state index contributed by atoms with van der Waals surface area (Å²) < 4.78 is 0. The highest BCUT2D eigenvalue weighted by molar-refractivity contribution is 5.78. The van der Waals surface area contributed by atoms with Crippen molar-refractivity contribution in [2.45, 2.75) is 77.6 Å². The summed E-state index contributed by atoms with van der Waals surface area (Å²) in [6.45, 7) is 5.90. The summed E-state index contributed by atoms with van der Waals surface area (Å²) in [4.78, 5) is 11.5. The Morgan fingerprint density at radius 2 is 1.61 bits per heavy atom. The molecule has 0 saturated heterocycles. The molecule has 1 heteroatoms. The fourth-order valence-electron chi connectivity index (χ4n) is 1.90. The first kappa shape index (κ1) is 17.2. The first-order valence-corrected chi connectivity index (χ1v) is 7.58. The average molecular weight is 250 g/mol. The largest absolute Gasteiger partial charge is 0.300 e. The minimum Gasteiger partial charge on any atom is -0.300 e. The first-order chi connectivity index (χ1) is 8.81. The van der Waals surface area contributed by atoms with Gasteiger partial charge in [0.2, 0.25) is 0 Å². The van der Waals surface area contributed by atoms with Crippen molar-refractivity contribution in [3.8, 4) is 0 Å². The van der Waals surface area contributed by atoms with Gasteiger partial charge in [0, 0.05) is 12.8 Å². The van der Waals surface area contributed by atoms with Gasteiger partial charge in [-0.2, -0.15) is 0 Å². The number of allylic oxidation sites excluding steroid dienone is 3. The number of unbranched alkanes of at least 4 members (excludes halogenated alkanes) is 6. The maximum Gasteiger partial charge on any atom is 0.133 e. The zero-order valence-corrected chi connectivity index (χ0v) is 12.1. The normalized spacial score (nSPS) is 10.9. The van der Waals surface area contributed by atoms with Crippen LogP contribution in [-0.4, -0.2) is 5.78 Å². The molecule has 0 aromatic carbocycles. The van der Waals surface area contributed by atoms with Crippen molar-refractivity contribution in [2.75, 3.05) is 0 Å². The summed E-state index contributed by atoms with van der Waals surface area (Å²) in [6, 6.07) is 0. The third kappa shape index (κ3) is 13.2. The van der Waals surface area contributed by atoms with Crippen molar-refractivity contribution < 1.29 is 4.79 Å². The van der Waals surface area contributed by atoms with Gasteiger partial charge in [-0.1, -0.05) is 44.4 Å². The molecule has 0 amide bonds. The van der Waals surface area contributed by atoms with E-state index in [-0.39, 0.29) is 0 Å². The standard InChI is InChI=1S/C17H30O/c1-3-5-7-9-10-11-12-14-16-17(18)15-13-8-6-4-2/h3,11-12H,1,4-10,13-16H2,2H3/b12-11+. The molecule has 0 saturated carbocycles. The molecule has 0 heterocycles. The highest BCUT2D eigenvalue weighted by atomic mass is 16.1. The smallest absolute Gasteiger partial charge is 0.133 e. The summed E-state index contributed by atoms with van der Waals surface area (Å²) in [5.41, 5.74) is 0. The monoisotopic (exact) mass is 250 g/mol. The van der Waals surface area contributed by atoms with Crippen LogP contribution in [0.3, 0.4) is 0 Å². The maximum atomic E-state index is 11.5. The Kier molecular flexibility index (Phi) is 13.5. The quantitative estimate of drug-likeness (QED) is 0.307. The fraction of sp³-hybridized carbons (Fsp3) is 0.706. The molecule has 0 rings (SSSR count). The van der Waals surface area contributed by atoms with Gasteiger partial charge in [-0.25, -0.2) is 0 Å². The highest BCUT2D eigenvalue weighted by Crippen LogP contribution is 2.07. The number of ketones is 1. The van der Waals surface area contributed by atoms with E-state index in [1.54, 1.807) is 0 Å². The van der Waals surface area contributed by atoms with E-state index >= 15 is 0 Å². The molecule has 0 aliphatic carbocycles. The van der Waals surface area contributed by atoms with Crippen molar-refractivity contribution in [1.82, 2.24) is 0 Å². The summed E-state index contributed by atoms with van der Waals surface area (Å²) in [5, 5.41) is 0. The van der Waals surface area contributed by atoms with E-state index in [1.165, 1.54) is 32.1 Å². The lowest BCUT2D eigenvalue weighted by molar-refractivity contribution is -0.119. The molecule has 0 atom stereocenters. The van der Waals surface area contributed by atoms with Crippen LogP contribution in [0.4, 0.5) is 0 Å². The Morgan fingerprint density at radius 1 is 0.889 bits per heavy atom. The molecule has 0 aliphatic heterocycles. The SMILES string of the molecule is C=CCCCC/C=C/CCC(=O)CCCCCC. The maximum absolute atomic E-state index is 11.5. The molecule has 0 spiro atoms. The molecule has 0 aliphatic rings. The number of carbonyl (C=O) groups is 1. The molecule has 0 fully saturated rings. The Labute approximate surface area is 113 Å². The molecule has 0 N–H and O–H groups in total. The molecule has 104 valence electrons. The van der Waals surface area contributed by atoms with Crippen molar-refractivity contribution in [3.63, 3.8) is 0 Å². The van der Waals surface area contributed by atoms with Crippen LogP contribution in [0.25, 0.3) is 0 Å². The zero-order chi connectivity index (χ0) is 13.5. The predicted molar refractivity (Wildman–Crippen MR) is 80.8 cm³/mol. The van der Waals surface area contributed by atoms with Crippen LogP contribution < -0.4 is 0 Å². The van der Waals surface area contributed by atoms with E-state index in [4.69, 9.17) is 0 Å². The minimum absolute atomic E-state index is 0.433. The number of carbonyl (C=O) groups excluding carboxylic acids is 1. The lowest BCUT2D eigenvalue weighted by Gasteiger charge is -1.98. The van der Waals surface area contributed by atoms with Gasteiger partial charge in [-0.15, -0.1) is 6.58 Å². The summed E-state index contributed by atoms with van der Waals surface area (Å²) in [5.74, 6) is 0.433. The van der Waals surface area contributed by atoms with E-state index in [2.05, 4.69) is 25.7 Å². The minimum atomic E-state index is 0.433. The van der Waals surface area contributed by atoms with E-state index in [9.17, 15) is 4.79 Å².